The number of halogens is 1. The first-order valence-corrected chi connectivity index (χ1v) is 12.7. The summed E-state index contributed by atoms with van der Waals surface area (Å²) < 4.78 is 13.0. The van der Waals surface area contributed by atoms with Crippen LogP contribution in [0, 0.1) is 0 Å². The van der Waals surface area contributed by atoms with Gasteiger partial charge in [0, 0.05) is 54.7 Å². The first-order valence-electron chi connectivity index (χ1n) is 12.3. The van der Waals surface area contributed by atoms with Gasteiger partial charge in [0.2, 0.25) is 17.7 Å². The number of imidazole rings is 1. The summed E-state index contributed by atoms with van der Waals surface area (Å²) >= 11 is 6.37. The Hall–Kier alpha value is -3.70. The number of piperidine rings is 1. The van der Waals surface area contributed by atoms with E-state index in [1.54, 1.807) is 21.7 Å². The summed E-state index contributed by atoms with van der Waals surface area (Å²) in [5, 5.41) is 8.83. The van der Waals surface area contributed by atoms with Crippen molar-refractivity contribution in [3.63, 3.8) is 0 Å². The van der Waals surface area contributed by atoms with E-state index in [0.29, 0.717) is 61.3 Å². The van der Waals surface area contributed by atoms with Crippen LogP contribution in [-0.2, 0) is 16.0 Å². The minimum atomic E-state index is -0.172. The number of pyridine rings is 1. The topological polar surface area (TPSA) is 122 Å². The molecule has 5 heterocycles. The third-order valence-corrected chi connectivity index (χ3v) is 7.17. The summed E-state index contributed by atoms with van der Waals surface area (Å²) in [6, 6.07) is 9.35. The Balaban J connectivity index is 1.10. The highest BCUT2D eigenvalue weighted by Crippen LogP contribution is 2.30. The lowest BCUT2D eigenvalue weighted by atomic mass is 10.0. The molecule has 11 nitrogen and oxygen atoms in total. The number of amides is 1. The molecule has 192 valence electrons. The molecule has 0 atom stereocenters. The molecular formula is C25H26ClN7O4. The highest BCUT2D eigenvalue weighted by atomic mass is 35.5. The molecule has 0 aliphatic carbocycles. The average molecular weight is 524 g/mol. The zero-order valence-corrected chi connectivity index (χ0v) is 20.9. The van der Waals surface area contributed by atoms with E-state index in [2.05, 4.69) is 25.1 Å². The Morgan fingerprint density at radius 1 is 1.11 bits per heavy atom. The maximum Gasteiger partial charge on any atom is 0.327 e. The summed E-state index contributed by atoms with van der Waals surface area (Å²) in [7, 11) is 0. The van der Waals surface area contributed by atoms with E-state index < -0.39 is 0 Å². The Labute approximate surface area is 217 Å². The molecule has 6 rings (SSSR count). The van der Waals surface area contributed by atoms with E-state index in [-0.39, 0.29) is 30.0 Å². The highest BCUT2D eigenvalue weighted by molar-refractivity contribution is 6.31. The molecule has 1 amide bonds. The number of hydrogen-bond donors (Lipinski definition) is 1. The number of aromatic amines is 1. The van der Waals surface area contributed by atoms with Crippen LogP contribution in [0.2, 0.25) is 5.02 Å². The summed E-state index contributed by atoms with van der Waals surface area (Å²) in [5.41, 5.74) is 2.87. The van der Waals surface area contributed by atoms with Crippen molar-refractivity contribution in [1.29, 1.82) is 0 Å². The quantitative estimate of drug-likeness (QED) is 0.423. The van der Waals surface area contributed by atoms with Gasteiger partial charge in [-0.2, -0.15) is 0 Å². The summed E-state index contributed by atoms with van der Waals surface area (Å²) in [4.78, 5) is 36.5. The van der Waals surface area contributed by atoms with Crippen LogP contribution in [0.3, 0.4) is 0 Å². The second-order valence-electron chi connectivity index (χ2n) is 9.26. The Kier molecular flexibility index (Phi) is 6.39. The van der Waals surface area contributed by atoms with Gasteiger partial charge in [0.15, 0.2) is 5.65 Å². The van der Waals surface area contributed by atoms with Gasteiger partial charge < -0.3 is 19.0 Å². The number of rotatable bonds is 5. The summed E-state index contributed by atoms with van der Waals surface area (Å²) in [6.45, 7) is 3.99. The SMILES string of the molecule is O=C(Cc1nnc(-c2cc(Cl)cc(N3CCOCC3)c2)o1)N1CCC(n2c(=O)[nH]c3ncccc32)CC1. The first-order chi connectivity index (χ1) is 18.0. The molecule has 37 heavy (non-hydrogen) atoms. The van der Waals surface area contributed by atoms with Crippen molar-refractivity contribution < 1.29 is 13.9 Å². The number of hydrogen-bond acceptors (Lipinski definition) is 8. The number of carbonyl (C=O) groups excluding carboxylic acids is 1. The minimum absolute atomic E-state index is 0.00741. The van der Waals surface area contributed by atoms with Gasteiger partial charge in [0.25, 0.3) is 0 Å². The maximum absolute atomic E-state index is 13.0. The zero-order valence-electron chi connectivity index (χ0n) is 20.1. The molecule has 12 heteroatoms. The smallest absolute Gasteiger partial charge is 0.327 e. The van der Waals surface area contributed by atoms with Crippen LogP contribution in [0.15, 0.2) is 45.7 Å². The van der Waals surface area contributed by atoms with Crippen molar-refractivity contribution in [2.45, 2.75) is 25.3 Å². The van der Waals surface area contributed by atoms with Crippen LogP contribution in [0.4, 0.5) is 5.69 Å². The molecule has 2 aliphatic heterocycles. The van der Waals surface area contributed by atoms with Gasteiger partial charge >= 0.3 is 5.69 Å². The van der Waals surface area contributed by atoms with Crippen molar-refractivity contribution in [3.05, 3.63) is 57.9 Å². The number of nitrogens with one attached hydrogen (secondary N) is 1. The van der Waals surface area contributed by atoms with Gasteiger partial charge in [-0.1, -0.05) is 11.6 Å². The molecule has 0 unspecified atom stereocenters. The third kappa shape index (κ3) is 4.84. The molecular weight excluding hydrogens is 498 g/mol. The molecule has 2 fully saturated rings. The highest BCUT2D eigenvalue weighted by Gasteiger charge is 2.27. The van der Waals surface area contributed by atoms with E-state index in [1.165, 1.54) is 0 Å². The van der Waals surface area contributed by atoms with Gasteiger partial charge in [0.1, 0.15) is 6.42 Å². The summed E-state index contributed by atoms with van der Waals surface area (Å²) in [6.07, 6.45) is 3.03. The molecule has 0 spiro atoms. The van der Waals surface area contributed by atoms with Gasteiger partial charge in [-0.3, -0.25) is 14.3 Å². The molecule has 0 bridgehead atoms. The molecule has 0 radical (unpaired) electrons. The van der Waals surface area contributed by atoms with Crippen molar-refractivity contribution in [2.75, 3.05) is 44.3 Å². The fraction of sp³-hybridized carbons (Fsp3) is 0.400. The number of likely N-dealkylation sites (tertiary alicyclic amines) is 1. The largest absolute Gasteiger partial charge is 0.420 e. The molecule has 1 N–H and O–H groups in total. The van der Waals surface area contributed by atoms with Crippen molar-refractivity contribution in [2.24, 2.45) is 0 Å². The number of fused-ring (bicyclic) bond motifs is 1. The second kappa shape index (κ2) is 9.98. The van der Waals surface area contributed by atoms with Crippen molar-refractivity contribution in [1.82, 2.24) is 29.6 Å². The normalized spacial score (nSPS) is 17.0. The fourth-order valence-electron chi connectivity index (χ4n) is 5.08. The third-order valence-electron chi connectivity index (χ3n) is 6.95. The standard InChI is InChI=1S/C25H26ClN7O4/c26-17-12-16(13-19(14-17)31-8-10-36-11-9-31)24-30-29-21(37-24)15-22(34)32-6-3-18(4-7-32)33-20-2-1-5-27-23(20)28-25(33)35/h1-2,5,12-14,18H,3-4,6-11,15H2,(H,27,28,35). The molecule has 1 aromatic carbocycles. The average Bonchev–Trinajstić information content (AvgIpc) is 3.52. The Morgan fingerprint density at radius 3 is 2.73 bits per heavy atom. The number of morpholine rings is 1. The molecule has 0 saturated carbocycles. The number of carbonyl (C=O) groups is 1. The zero-order chi connectivity index (χ0) is 25.4. The van der Waals surface area contributed by atoms with Crippen LogP contribution < -0.4 is 10.6 Å². The van der Waals surface area contributed by atoms with Gasteiger partial charge in [-0.15, -0.1) is 10.2 Å². The van der Waals surface area contributed by atoms with Crippen LogP contribution in [-0.4, -0.2) is 74.9 Å². The van der Waals surface area contributed by atoms with Crippen molar-refractivity contribution in [3.8, 4) is 11.5 Å². The van der Waals surface area contributed by atoms with Crippen molar-refractivity contribution >= 4 is 34.4 Å². The van der Waals surface area contributed by atoms with Crippen LogP contribution in [0.25, 0.3) is 22.6 Å². The van der Waals surface area contributed by atoms with E-state index in [0.717, 1.165) is 24.3 Å². The van der Waals surface area contributed by atoms with Crippen LogP contribution in [0.5, 0.6) is 0 Å². The maximum atomic E-state index is 13.0. The number of aromatic nitrogens is 5. The monoisotopic (exact) mass is 523 g/mol. The van der Waals surface area contributed by atoms with Gasteiger partial charge in [-0.05, 0) is 43.2 Å². The molecule has 4 aromatic rings. The number of ether oxygens (including phenoxy) is 1. The predicted octanol–water partition coefficient (Wildman–Crippen LogP) is 2.67. The predicted molar refractivity (Wildman–Crippen MR) is 137 cm³/mol. The molecule has 2 saturated heterocycles. The second-order valence-corrected chi connectivity index (χ2v) is 9.69. The lowest BCUT2D eigenvalue weighted by molar-refractivity contribution is -0.132. The van der Waals surface area contributed by atoms with Gasteiger partial charge in [0.05, 0.1) is 18.7 Å². The number of H-pyrrole nitrogens is 1. The van der Waals surface area contributed by atoms with Gasteiger partial charge in [-0.25, -0.2) is 9.78 Å². The molecule has 2 aliphatic rings. The van der Waals surface area contributed by atoms with E-state index in [4.69, 9.17) is 20.8 Å². The van der Waals surface area contributed by atoms with E-state index in [9.17, 15) is 9.59 Å². The number of anilines is 1. The first kappa shape index (κ1) is 23.7. The molecule has 3 aromatic heterocycles. The Bertz CT molecular complexity index is 1480. The van der Waals surface area contributed by atoms with E-state index in [1.807, 2.05) is 24.3 Å². The lowest BCUT2D eigenvalue weighted by Crippen LogP contribution is -2.41. The number of nitrogens with zero attached hydrogens (tertiary/aromatic N) is 6. The van der Waals surface area contributed by atoms with Crippen LogP contribution >= 0.6 is 11.6 Å². The van der Waals surface area contributed by atoms with E-state index >= 15 is 0 Å². The number of benzene rings is 1. The minimum Gasteiger partial charge on any atom is -0.420 e. The Morgan fingerprint density at radius 2 is 1.92 bits per heavy atom. The fourth-order valence-corrected chi connectivity index (χ4v) is 5.31. The van der Waals surface area contributed by atoms with Crippen LogP contribution in [0.1, 0.15) is 24.8 Å². The summed E-state index contributed by atoms with van der Waals surface area (Å²) in [5.74, 6) is 0.501. The lowest BCUT2D eigenvalue weighted by Gasteiger charge is -2.32.